The van der Waals surface area contributed by atoms with Crippen molar-refractivity contribution in [1.82, 2.24) is 9.80 Å². The van der Waals surface area contributed by atoms with Gasteiger partial charge in [-0.3, -0.25) is 14.5 Å². The Morgan fingerprint density at radius 2 is 1.70 bits per heavy atom. The highest BCUT2D eigenvalue weighted by Gasteiger charge is 2.21. The number of rotatable bonds is 6. The van der Waals surface area contributed by atoms with Gasteiger partial charge in [0.05, 0.1) is 0 Å². The third kappa shape index (κ3) is 5.36. The molecule has 0 radical (unpaired) electrons. The number of carbonyl (C=O) groups excluding carboxylic acids is 2. The van der Waals surface area contributed by atoms with E-state index in [-0.39, 0.29) is 18.3 Å². The van der Waals surface area contributed by atoms with Crippen molar-refractivity contribution < 1.29 is 14.3 Å². The summed E-state index contributed by atoms with van der Waals surface area (Å²) in [5.41, 5.74) is 0.643. The van der Waals surface area contributed by atoms with E-state index < -0.39 is 0 Å². The van der Waals surface area contributed by atoms with Crippen LogP contribution < -0.4 is 4.74 Å². The highest BCUT2D eigenvalue weighted by Crippen LogP contribution is 2.13. The molecule has 0 atom stereocenters. The predicted octanol–water partition coefficient (Wildman–Crippen LogP) is 2.07. The molecule has 0 aliphatic carbocycles. The number of hydrogen-bond donors (Lipinski definition) is 0. The van der Waals surface area contributed by atoms with Gasteiger partial charge < -0.3 is 9.64 Å². The average molecular weight is 318 g/mol. The van der Waals surface area contributed by atoms with Gasteiger partial charge >= 0.3 is 0 Å². The van der Waals surface area contributed by atoms with Crippen LogP contribution in [0.15, 0.2) is 24.3 Å². The molecular formula is C18H26N2O3. The maximum absolute atomic E-state index is 12.2. The molecule has 0 saturated carbocycles. The van der Waals surface area contributed by atoms with Crippen LogP contribution in [0.5, 0.6) is 5.75 Å². The molecule has 1 saturated heterocycles. The fourth-order valence-corrected chi connectivity index (χ4v) is 2.72. The SMILES string of the molecule is CC(=O)c1ccc(OCC(=O)N2CCN(CC(C)C)CC2)cc1. The van der Waals surface area contributed by atoms with E-state index in [0.717, 1.165) is 32.7 Å². The van der Waals surface area contributed by atoms with Crippen LogP contribution in [0.25, 0.3) is 0 Å². The van der Waals surface area contributed by atoms with Crippen LogP contribution in [0.1, 0.15) is 31.1 Å². The second-order valence-electron chi connectivity index (χ2n) is 6.44. The zero-order valence-electron chi connectivity index (χ0n) is 14.2. The lowest BCUT2D eigenvalue weighted by atomic mass is 10.1. The lowest BCUT2D eigenvalue weighted by Crippen LogP contribution is -2.50. The molecule has 1 amide bonds. The quantitative estimate of drug-likeness (QED) is 0.754. The first-order valence-electron chi connectivity index (χ1n) is 8.19. The van der Waals surface area contributed by atoms with E-state index in [1.165, 1.54) is 6.92 Å². The van der Waals surface area contributed by atoms with Gasteiger partial charge in [0.2, 0.25) is 0 Å². The standard InChI is InChI=1S/C18H26N2O3/c1-14(2)12-19-8-10-20(11-9-19)18(22)13-23-17-6-4-16(5-7-17)15(3)21/h4-7,14H,8-13H2,1-3H3. The summed E-state index contributed by atoms with van der Waals surface area (Å²) >= 11 is 0. The molecule has 1 heterocycles. The number of hydrogen-bond acceptors (Lipinski definition) is 4. The van der Waals surface area contributed by atoms with E-state index in [1.54, 1.807) is 24.3 Å². The summed E-state index contributed by atoms with van der Waals surface area (Å²) in [6, 6.07) is 6.88. The smallest absolute Gasteiger partial charge is 0.260 e. The van der Waals surface area contributed by atoms with Crippen LogP contribution >= 0.6 is 0 Å². The van der Waals surface area contributed by atoms with Gasteiger partial charge in [0.1, 0.15) is 5.75 Å². The van der Waals surface area contributed by atoms with Crippen molar-refractivity contribution in [2.45, 2.75) is 20.8 Å². The van der Waals surface area contributed by atoms with Crippen molar-refractivity contribution in [3.05, 3.63) is 29.8 Å². The number of ether oxygens (including phenoxy) is 1. The van der Waals surface area contributed by atoms with E-state index in [9.17, 15) is 9.59 Å². The van der Waals surface area contributed by atoms with Crippen molar-refractivity contribution >= 4 is 11.7 Å². The van der Waals surface area contributed by atoms with Crippen LogP contribution in [0.3, 0.4) is 0 Å². The second kappa shape index (κ2) is 8.11. The summed E-state index contributed by atoms with van der Waals surface area (Å²) in [6.45, 7) is 10.5. The Morgan fingerprint density at radius 1 is 1.09 bits per heavy atom. The fourth-order valence-electron chi connectivity index (χ4n) is 2.72. The first kappa shape index (κ1) is 17.5. The Kier molecular flexibility index (Phi) is 6.16. The van der Waals surface area contributed by atoms with E-state index >= 15 is 0 Å². The minimum atomic E-state index is 0.0184. The molecule has 1 aliphatic rings. The highest BCUT2D eigenvalue weighted by atomic mass is 16.5. The maximum Gasteiger partial charge on any atom is 0.260 e. The van der Waals surface area contributed by atoms with Crippen LogP contribution in [0.2, 0.25) is 0 Å². The summed E-state index contributed by atoms with van der Waals surface area (Å²) in [7, 11) is 0. The van der Waals surface area contributed by atoms with E-state index in [2.05, 4.69) is 18.7 Å². The summed E-state index contributed by atoms with van der Waals surface area (Å²) in [5.74, 6) is 1.30. The minimum Gasteiger partial charge on any atom is -0.484 e. The molecule has 1 aromatic carbocycles. The molecule has 1 fully saturated rings. The zero-order valence-corrected chi connectivity index (χ0v) is 14.2. The Balaban J connectivity index is 1.76. The van der Waals surface area contributed by atoms with Gasteiger partial charge in [-0.15, -0.1) is 0 Å². The Morgan fingerprint density at radius 3 is 2.22 bits per heavy atom. The largest absolute Gasteiger partial charge is 0.484 e. The Hall–Kier alpha value is -1.88. The van der Waals surface area contributed by atoms with Gasteiger partial charge in [-0.25, -0.2) is 0 Å². The molecule has 2 rings (SSSR count). The number of Topliss-reactive ketones (excluding diaryl/α,β-unsaturated/α-hetero) is 1. The van der Waals surface area contributed by atoms with Crippen LogP contribution in [0.4, 0.5) is 0 Å². The topological polar surface area (TPSA) is 49.9 Å². The van der Waals surface area contributed by atoms with Crippen LogP contribution in [0, 0.1) is 5.92 Å². The molecule has 0 spiro atoms. The number of nitrogens with zero attached hydrogens (tertiary/aromatic N) is 2. The molecule has 126 valence electrons. The number of piperazine rings is 1. The molecule has 5 nitrogen and oxygen atoms in total. The van der Waals surface area contributed by atoms with Gasteiger partial charge in [0.25, 0.3) is 5.91 Å². The van der Waals surface area contributed by atoms with Gasteiger partial charge in [0, 0.05) is 38.3 Å². The Labute approximate surface area is 138 Å². The van der Waals surface area contributed by atoms with Crippen molar-refractivity contribution in [3.8, 4) is 5.75 Å². The fraction of sp³-hybridized carbons (Fsp3) is 0.556. The lowest BCUT2D eigenvalue weighted by Gasteiger charge is -2.35. The second-order valence-corrected chi connectivity index (χ2v) is 6.44. The normalized spacial score (nSPS) is 15.7. The van der Waals surface area contributed by atoms with Crippen molar-refractivity contribution in [3.63, 3.8) is 0 Å². The molecule has 0 aromatic heterocycles. The highest BCUT2D eigenvalue weighted by molar-refractivity contribution is 5.94. The van der Waals surface area contributed by atoms with Crippen LogP contribution in [-0.2, 0) is 4.79 Å². The minimum absolute atomic E-state index is 0.0184. The molecule has 1 aliphatic heterocycles. The summed E-state index contributed by atoms with van der Waals surface area (Å²) < 4.78 is 5.53. The number of ketones is 1. The summed E-state index contributed by atoms with van der Waals surface area (Å²) in [5, 5.41) is 0. The third-order valence-electron chi connectivity index (χ3n) is 3.97. The number of amides is 1. The summed E-state index contributed by atoms with van der Waals surface area (Å²) in [4.78, 5) is 27.7. The first-order chi connectivity index (χ1) is 11.0. The van der Waals surface area contributed by atoms with E-state index in [4.69, 9.17) is 4.74 Å². The summed E-state index contributed by atoms with van der Waals surface area (Å²) in [6.07, 6.45) is 0. The monoisotopic (exact) mass is 318 g/mol. The van der Waals surface area contributed by atoms with Crippen LogP contribution in [-0.4, -0.2) is 60.8 Å². The molecule has 23 heavy (non-hydrogen) atoms. The van der Waals surface area contributed by atoms with Gasteiger partial charge in [-0.1, -0.05) is 13.8 Å². The molecule has 0 unspecified atom stereocenters. The third-order valence-corrected chi connectivity index (χ3v) is 3.97. The molecule has 1 aromatic rings. The van der Waals surface area contributed by atoms with Crippen molar-refractivity contribution in [2.24, 2.45) is 5.92 Å². The van der Waals surface area contributed by atoms with Crippen molar-refractivity contribution in [2.75, 3.05) is 39.3 Å². The molecular weight excluding hydrogens is 292 g/mol. The predicted molar refractivity (Wildman–Crippen MR) is 89.8 cm³/mol. The van der Waals surface area contributed by atoms with Gasteiger partial charge in [0.15, 0.2) is 12.4 Å². The molecule has 0 N–H and O–H groups in total. The number of carbonyl (C=O) groups is 2. The maximum atomic E-state index is 12.2. The lowest BCUT2D eigenvalue weighted by molar-refractivity contribution is -0.135. The van der Waals surface area contributed by atoms with Gasteiger partial charge in [-0.2, -0.15) is 0 Å². The zero-order chi connectivity index (χ0) is 16.8. The molecule has 0 bridgehead atoms. The first-order valence-corrected chi connectivity index (χ1v) is 8.19. The van der Waals surface area contributed by atoms with E-state index in [0.29, 0.717) is 17.2 Å². The molecule has 5 heteroatoms. The number of benzene rings is 1. The van der Waals surface area contributed by atoms with Gasteiger partial charge in [-0.05, 0) is 37.1 Å². The Bertz CT molecular complexity index is 532. The average Bonchev–Trinajstić information content (AvgIpc) is 2.53. The van der Waals surface area contributed by atoms with E-state index in [1.807, 2.05) is 4.90 Å². The van der Waals surface area contributed by atoms with Crippen molar-refractivity contribution in [1.29, 1.82) is 0 Å².